The molecule has 11 heteroatoms. The second-order valence-corrected chi connectivity index (χ2v) is 13.1. The highest BCUT2D eigenvalue weighted by molar-refractivity contribution is 5.99. The van der Waals surface area contributed by atoms with Gasteiger partial charge in [-0.25, -0.2) is 8.78 Å². The molecule has 4 atom stereocenters. The first-order valence-electron chi connectivity index (χ1n) is 17.4. The molecule has 0 aliphatic carbocycles. The van der Waals surface area contributed by atoms with Gasteiger partial charge in [-0.2, -0.15) is 0 Å². The number of carbonyl (C=O) groups excluding carboxylic acids is 4. The molecule has 0 aliphatic heterocycles. The van der Waals surface area contributed by atoms with E-state index >= 15 is 0 Å². The van der Waals surface area contributed by atoms with Crippen molar-refractivity contribution >= 4 is 23.6 Å². The molecule has 3 aromatic rings. The van der Waals surface area contributed by atoms with Crippen molar-refractivity contribution in [3.05, 3.63) is 107 Å². The Bertz CT molecular complexity index is 1580. The summed E-state index contributed by atoms with van der Waals surface area (Å²) < 4.78 is 28.5. The van der Waals surface area contributed by atoms with Gasteiger partial charge in [-0.05, 0) is 67.0 Å². The molecule has 0 aromatic heterocycles. The molecule has 3 rings (SSSR count). The van der Waals surface area contributed by atoms with Gasteiger partial charge in [-0.1, -0.05) is 77.1 Å². The van der Waals surface area contributed by atoms with Crippen molar-refractivity contribution in [1.29, 1.82) is 0 Å². The second kappa shape index (κ2) is 19.5. The second-order valence-electron chi connectivity index (χ2n) is 13.1. The van der Waals surface area contributed by atoms with Gasteiger partial charge < -0.3 is 26.6 Å². The van der Waals surface area contributed by atoms with Crippen LogP contribution in [0.5, 0.6) is 0 Å². The number of benzene rings is 3. The first kappa shape index (κ1) is 39.8. The molecule has 0 spiro atoms. The van der Waals surface area contributed by atoms with Gasteiger partial charge in [0.05, 0.1) is 0 Å². The lowest BCUT2D eigenvalue weighted by Crippen LogP contribution is -2.53. The van der Waals surface area contributed by atoms with Gasteiger partial charge in [0.2, 0.25) is 11.8 Å². The Morgan fingerprint density at radius 1 is 0.800 bits per heavy atom. The van der Waals surface area contributed by atoms with Gasteiger partial charge in [-0.15, -0.1) is 0 Å². The van der Waals surface area contributed by atoms with Crippen molar-refractivity contribution in [3.8, 4) is 0 Å². The minimum absolute atomic E-state index is 0.0801. The van der Waals surface area contributed by atoms with Crippen LogP contribution in [-0.2, 0) is 22.6 Å². The summed E-state index contributed by atoms with van der Waals surface area (Å²) in [6.45, 7) is 10.8. The Labute approximate surface area is 294 Å². The highest BCUT2D eigenvalue weighted by atomic mass is 19.1. The highest BCUT2D eigenvalue weighted by Crippen LogP contribution is 2.18. The molecule has 0 radical (unpaired) electrons. The molecular formula is C39H51F2N5O4. The maximum atomic E-state index is 14.8. The molecule has 0 fully saturated rings. The molecule has 9 nitrogen and oxygen atoms in total. The van der Waals surface area contributed by atoms with Crippen LogP contribution in [-0.4, -0.2) is 59.7 Å². The third-order valence-electron chi connectivity index (χ3n) is 8.56. The molecule has 270 valence electrons. The van der Waals surface area contributed by atoms with Crippen LogP contribution in [0.25, 0.3) is 0 Å². The monoisotopic (exact) mass is 691 g/mol. The number of nitrogens with zero attached hydrogens (tertiary/aromatic N) is 1. The summed E-state index contributed by atoms with van der Waals surface area (Å²) in [4.78, 5) is 55.0. The van der Waals surface area contributed by atoms with Crippen molar-refractivity contribution in [3.63, 3.8) is 0 Å². The van der Waals surface area contributed by atoms with Crippen LogP contribution in [0.4, 0.5) is 8.78 Å². The summed E-state index contributed by atoms with van der Waals surface area (Å²) in [5.74, 6) is -3.86. The van der Waals surface area contributed by atoms with Gasteiger partial charge in [0.1, 0.15) is 17.7 Å². The highest BCUT2D eigenvalue weighted by Gasteiger charge is 2.30. The lowest BCUT2D eigenvalue weighted by Gasteiger charge is -2.29. The average molecular weight is 692 g/mol. The van der Waals surface area contributed by atoms with E-state index in [1.54, 1.807) is 30.0 Å². The zero-order valence-electron chi connectivity index (χ0n) is 29.7. The number of halogens is 2. The predicted octanol–water partition coefficient (Wildman–Crippen LogP) is 5.38. The molecule has 0 heterocycles. The van der Waals surface area contributed by atoms with Gasteiger partial charge in [-0.3, -0.25) is 19.2 Å². The maximum absolute atomic E-state index is 14.8. The predicted molar refractivity (Wildman–Crippen MR) is 191 cm³/mol. The zero-order valence-corrected chi connectivity index (χ0v) is 29.7. The third kappa shape index (κ3) is 11.8. The SMILES string of the molecule is CCCN(CCC)C(=O)c1cccc(C(=O)N[C@@H](Cc2ccc(F)cc2F)[C@@H](N)C[C@@H](C)C(=O)N[C@H](C(=O)NCc2ccccc2)C(C)C)c1. The smallest absolute Gasteiger partial charge is 0.253 e. The normalized spacial score (nSPS) is 13.5. The summed E-state index contributed by atoms with van der Waals surface area (Å²) in [6, 6.07) is 16.5. The molecule has 0 saturated carbocycles. The van der Waals surface area contributed by atoms with E-state index in [0.29, 0.717) is 25.2 Å². The van der Waals surface area contributed by atoms with E-state index in [0.717, 1.165) is 30.5 Å². The molecule has 4 amide bonds. The van der Waals surface area contributed by atoms with Gasteiger partial charge in [0.15, 0.2) is 0 Å². The van der Waals surface area contributed by atoms with E-state index in [1.807, 2.05) is 58.0 Å². The maximum Gasteiger partial charge on any atom is 0.253 e. The number of nitrogens with two attached hydrogens (primary N) is 1. The number of rotatable bonds is 18. The van der Waals surface area contributed by atoms with Crippen molar-refractivity contribution in [2.45, 2.75) is 85.0 Å². The van der Waals surface area contributed by atoms with E-state index in [2.05, 4.69) is 16.0 Å². The van der Waals surface area contributed by atoms with E-state index in [4.69, 9.17) is 5.73 Å². The number of hydrogen-bond donors (Lipinski definition) is 4. The van der Waals surface area contributed by atoms with Gasteiger partial charge in [0, 0.05) is 54.8 Å². The molecule has 0 unspecified atom stereocenters. The van der Waals surface area contributed by atoms with Crippen molar-refractivity contribution in [1.82, 2.24) is 20.9 Å². The third-order valence-corrected chi connectivity index (χ3v) is 8.56. The first-order valence-corrected chi connectivity index (χ1v) is 17.4. The Balaban J connectivity index is 1.76. The summed E-state index contributed by atoms with van der Waals surface area (Å²) in [5, 5.41) is 8.59. The Morgan fingerprint density at radius 3 is 2.08 bits per heavy atom. The average Bonchev–Trinajstić information content (AvgIpc) is 3.10. The minimum Gasteiger partial charge on any atom is -0.350 e. The fourth-order valence-electron chi connectivity index (χ4n) is 5.72. The summed E-state index contributed by atoms with van der Waals surface area (Å²) in [7, 11) is 0. The van der Waals surface area contributed by atoms with Crippen LogP contribution in [0.2, 0.25) is 0 Å². The quantitative estimate of drug-likeness (QED) is 0.142. The summed E-state index contributed by atoms with van der Waals surface area (Å²) in [6.07, 6.45) is 1.59. The van der Waals surface area contributed by atoms with Gasteiger partial charge in [0.25, 0.3) is 11.8 Å². The van der Waals surface area contributed by atoms with Crippen molar-refractivity contribution < 1.29 is 28.0 Å². The summed E-state index contributed by atoms with van der Waals surface area (Å²) >= 11 is 0. The van der Waals surface area contributed by atoms with Crippen LogP contribution in [0.1, 0.15) is 85.7 Å². The Hall–Kier alpha value is -4.64. The van der Waals surface area contributed by atoms with Crippen LogP contribution in [0.15, 0.2) is 72.8 Å². The molecule has 0 bridgehead atoms. The standard InChI is InChI=1S/C39H51F2N5O4/c1-6-18-46(19-7-2)39(50)30-15-11-14-29(21-30)37(48)44-34(22-28-16-17-31(40)23-32(28)41)33(42)20-26(5)36(47)45-35(25(3)4)38(49)43-24-27-12-9-8-10-13-27/h8-17,21,23,25-26,33-35H,6-7,18-20,22,24,42H2,1-5H3,(H,43,49)(H,44,48)(H,45,47)/t26-,33+,34+,35+/m1/s1. The van der Waals surface area contributed by atoms with Gasteiger partial charge >= 0.3 is 0 Å². The van der Waals surface area contributed by atoms with Crippen LogP contribution in [0, 0.1) is 23.5 Å². The Kier molecular flexibility index (Phi) is 15.5. The lowest BCUT2D eigenvalue weighted by molar-refractivity contribution is -0.132. The van der Waals surface area contributed by atoms with E-state index < -0.39 is 47.5 Å². The van der Waals surface area contributed by atoms with Crippen molar-refractivity contribution in [2.75, 3.05) is 13.1 Å². The number of carbonyl (C=O) groups is 4. The topological polar surface area (TPSA) is 134 Å². The first-order chi connectivity index (χ1) is 23.8. The van der Waals surface area contributed by atoms with Crippen LogP contribution < -0.4 is 21.7 Å². The van der Waals surface area contributed by atoms with E-state index in [1.165, 1.54) is 12.1 Å². The van der Waals surface area contributed by atoms with Crippen molar-refractivity contribution in [2.24, 2.45) is 17.6 Å². The van der Waals surface area contributed by atoms with Crippen LogP contribution in [0.3, 0.4) is 0 Å². The molecule has 5 N–H and O–H groups in total. The molecular weight excluding hydrogens is 640 g/mol. The molecule has 0 saturated heterocycles. The van der Waals surface area contributed by atoms with E-state index in [-0.39, 0.29) is 41.7 Å². The fraction of sp³-hybridized carbons (Fsp3) is 0.436. The minimum atomic E-state index is -0.871. The summed E-state index contributed by atoms with van der Waals surface area (Å²) in [5.41, 5.74) is 8.27. The number of nitrogens with one attached hydrogen (secondary N) is 3. The van der Waals surface area contributed by atoms with Crippen LogP contribution >= 0.6 is 0 Å². The zero-order chi connectivity index (χ0) is 36.8. The number of amides is 4. The Morgan fingerprint density at radius 2 is 1.46 bits per heavy atom. The largest absolute Gasteiger partial charge is 0.350 e. The molecule has 50 heavy (non-hydrogen) atoms. The molecule has 3 aromatic carbocycles. The lowest BCUT2D eigenvalue weighted by atomic mass is 9.91. The molecule has 0 aliphatic rings. The van der Waals surface area contributed by atoms with E-state index in [9.17, 15) is 28.0 Å². The number of hydrogen-bond acceptors (Lipinski definition) is 5. The fourth-order valence-corrected chi connectivity index (χ4v) is 5.72.